The zero-order valence-electron chi connectivity index (χ0n) is 17.5. The lowest BCUT2D eigenvalue weighted by Crippen LogP contribution is -2.40. The van der Waals surface area contributed by atoms with E-state index in [1.165, 1.54) is 24.5 Å². The van der Waals surface area contributed by atoms with Crippen LogP contribution in [-0.2, 0) is 4.79 Å². The smallest absolute Gasteiger partial charge is 0.245 e. The number of hydrogen-bond acceptors (Lipinski definition) is 6. The molecule has 4 rings (SSSR count). The van der Waals surface area contributed by atoms with Gasteiger partial charge >= 0.3 is 0 Å². The van der Waals surface area contributed by atoms with Crippen molar-refractivity contribution in [1.82, 2.24) is 14.9 Å². The summed E-state index contributed by atoms with van der Waals surface area (Å²) in [5.41, 5.74) is 1.33. The van der Waals surface area contributed by atoms with Crippen LogP contribution in [-0.4, -0.2) is 46.2 Å². The SMILES string of the molecule is C=CC(=O)N1CCC[C@@H](Sc2cc3c(Nc4ccc(F)c(Cl)c4)ncnc3cc2OC)C1. The molecule has 0 unspecified atom stereocenters. The number of amides is 1. The lowest BCUT2D eigenvalue weighted by atomic mass is 10.1. The molecule has 1 aromatic heterocycles. The van der Waals surface area contributed by atoms with Crippen LogP contribution in [0.25, 0.3) is 10.9 Å². The third kappa shape index (κ3) is 4.81. The van der Waals surface area contributed by atoms with E-state index in [9.17, 15) is 9.18 Å². The average molecular weight is 473 g/mol. The number of likely N-dealkylation sites (tertiary alicyclic amines) is 1. The molecule has 1 aliphatic heterocycles. The van der Waals surface area contributed by atoms with E-state index in [1.807, 2.05) is 17.0 Å². The molecule has 0 bridgehead atoms. The molecule has 1 amide bonds. The second-order valence-electron chi connectivity index (χ2n) is 7.37. The Bertz CT molecular complexity index is 1180. The molecular weight excluding hydrogens is 451 g/mol. The third-order valence-electron chi connectivity index (χ3n) is 5.26. The van der Waals surface area contributed by atoms with E-state index in [-0.39, 0.29) is 16.2 Å². The molecule has 3 aromatic rings. The maximum absolute atomic E-state index is 13.5. The van der Waals surface area contributed by atoms with E-state index < -0.39 is 5.82 Å². The first-order valence-corrected chi connectivity index (χ1v) is 11.4. The number of nitrogens with one attached hydrogen (secondary N) is 1. The van der Waals surface area contributed by atoms with Crippen LogP contribution in [0.15, 0.2) is 54.2 Å². The van der Waals surface area contributed by atoms with Gasteiger partial charge in [0.25, 0.3) is 0 Å². The van der Waals surface area contributed by atoms with Crippen LogP contribution in [0.5, 0.6) is 5.75 Å². The minimum absolute atomic E-state index is 0.0298. The molecule has 1 N–H and O–H groups in total. The number of benzene rings is 2. The van der Waals surface area contributed by atoms with Gasteiger partial charge in [-0.1, -0.05) is 18.2 Å². The van der Waals surface area contributed by atoms with Gasteiger partial charge in [0.1, 0.15) is 23.7 Å². The molecule has 0 saturated carbocycles. The van der Waals surface area contributed by atoms with Gasteiger partial charge in [0, 0.05) is 35.5 Å². The minimum atomic E-state index is -0.482. The van der Waals surface area contributed by atoms with Crippen molar-refractivity contribution in [2.24, 2.45) is 0 Å². The number of carbonyl (C=O) groups excluding carboxylic acids is 1. The van der Waals surface area contributed by atoms with Crippen molar-refractivity contribution < 1.29 is 13.9 Å². The summed E-state index contributed by atoms with van der Waals surface area (Å²) in [5.74, 6) is 0.765. The van der Waals surface area contributed by atoms with E-state index in [0.717, 1.165) is 29.7 Å². The topological polar surface area (TPSA) is 67.4 Å². The summed E-state index contributed by atoms with van der Waals surface area (Å²) in [5, 5.41) is 4.26. The van der Waals surface area contributed by atoms with Crippen molar-refractivity contribution in [2.75, 3.05) is 25.5 Å². The Morgan fingerprint density at radius 1 is 1.38 bits per heavy atom. The summed E-state index contributed by atoms with van der Waals surface area (Å²) in [6.07, 6.45) is 4.76. The van der Waals surface area contributed by atoms with Crippen molar-refractivity contribution in [1.29, 1.82) is 0 Å². The minimum Gasteiger partial charge on any atom is -0.496 e. The maximum Gasteiger partial charge on any atom is 0.245 e. The lowest BCUT2D eigenvalue weighted by molar-refractivity contribution is -0.126. The molecular formula is C23H22ClFN4O2S. The lowest BCUT2D eigenvalue weighted by Gasteiger charge is -2.32. The Labute approximate surface area is 194 Å². The molecule has 0 radical (unpaired) electrons. The van der Waals surface area contributed by atoms with Crippen LogP contribution < -0.4 is 10.1 Å². The number of hydrogen-bond donors (Lipinski definition) is 1. The van der Waals surface area contributed by atoms with Gasteiger partial charge in [0.15, 0.2) is 0 Å². The molecule has 166 valence electrons. The quantitative estimate of drug-likeness (QED) is 0.481. The van der Waals surface area contributed by atoms with Gasteiger partial charge < -0.3 is 15.0 Å². The van der Waals surface area contributed by atoms with Crippen LogP contribution in [0, 0.1) is 5.82 Å². The largest absolute Gasteiger partial charge is 0.496 e. The Morgan fingerprint density at radius 2 is 2.22 bits per heavy atom. The number of ether oxygens (including phenoxy) is 1. The molecule has 0 aliphatic carbocycles. The highest BCUT2D eigenvalue weighted by Gasteiger charge is 2.24. The third-order valence-corrected chi connectivity index (χ3v) is 6.84. The van der Waals surface area contributed by atoms with Gasteiger partial charge in [0.2, 0.25) is 5.91 Å². The number of nitrogens with zero attached hydrogens (tertiary/aromatic N) is 3. The number of aromatic nitrogens is 2. The standard InChI is InChI=1S/C23H22ClFN4O2S/c1-3-22(30)29-8-4-5-15(12-29)32-21-10-16-19(11-20(21)31-2)26-13-27-23(16)28-14-6-7-18(25)17(24)9-14/h3,6-7,9-11,13,15H,1,4-5,8,12H2,2H3,(H,26,27,28)/t15-/m1/s1. The second-order valence-corrected chi connectivity index (χ2v) is 9.12. The second kappa shape index (κ2) is 9.75. The number of thioether (sulfide) groups is 1. The van der Waals surface area contributed by atoms with E-state index in [0.29, 0.717) is 29.3 Å². The van der Waals surface area contributed by atoms with Crippen LogP contribution in [0.3, 0.4) is 0 Å². The Morgan fingerprint density at radius 3 is 2.97 bits per heavy atom. The number of methoxy groups -OCH3 is 1. The number of fused-ring (bicyclic) bond motifs is 1. The van der Waals surface area contributed by atoms with Gasteiger partial charge in [-0.3, -0.25) is 4.79 Å². The first-order chi connectivity index (χ1) is 15.5. The molecule has 32 heavy (non-hydrogen) atoms. The van der Waals surface area contributed by atoms with Gasteiger partial charge in [0.05, 0.1) is 22.5 Å². The monoisotopic (exact) mass is 472 g/mol. The fourth-order valence-electron chi connectivity index (χ4n) is 3.67. The van der Waals surface area contributed by atoms with Crippen molar-refractivity contribution >= 4 is 51.7 Å². The zero-order valence-corrected chi connectivity index (χ0v) is 19.0. The summed E-state index contributed by atoms with van der Waals surface area (Å²) in [4.78, 5) is 23.5. The summed E-state index contributed by atoms with van der Waals surface area (Å²) in [6.45, 7) is 5.00. The van der Waals surface area contributed by atoms with Gasteiger partial charge in [-0.25, -0.2) is 14.4 Å². The highest BCUT2D eigenvalue weighted by atomic mass is 35.5. The average Bonchev–Trinajstić information content (AvgIpc) is 2.81. The maximum atomic E-state index is 13.5. The summed E-state index contributed by atoms with van der Waals surface area (Å²) in [6, 6.07) is 8.27. The van der Waals surface area contributed by atoms with Crippen molar-refractivity contribution in [3.8, 4) is 5.75 Å². The Balaban J connectivity index is 1.65. The fourth-order valence-corrected chi connectivity index (χ4v) is 5.19. The first-order valence-electron chi connectivity index (χ1n) is 10.1. The van der Waals surface area contributed by atoms with Gasteiger partial charge in [-0.05, 0) is 43.2 Å². The fraction of sp³-hybridized carbons (Fsp3) is 0.261. The molecule has 9 heteroatoms. The highest BCUT2D eigenvalue weighted by Crippen LogP contribution is 2.39. The molecule has 2 heterocycles. The predicted molar refractivity (Wildman–Crippen MR) is 126 cm³/mol. The molecule has 1 atom stereocenters. The normalized spacial score (nSPS) is 16.1. The van der Waals surface area contributed by atoms with Crippen LogP contribution in [0.1, 0.15) is 12.8 Å². The number of rotatable bonds is 6. The van der Waals surface area contributed by atoms with Gasteiger partial charge in [-0.15, -0.1) is 11.8 Å². The first kappa shape index (κ1) is 22.4. The number of anilines is 2. The Kier molecular flexibility index (Phi) is 6.81. The number of piperidine rings is 1. The molecule has 1 fully saturated rings. The number of halogens is 2. The predicted octanol–water partition coefficient (Wildman–Crippen LogP) is 5.44. The molecule has 1 aliphatic rings. The van der Waals surface area contributed by atoms with Crippen LogP contribution >= 0.6 is 23.4 Å². The van der Waals surface area contributed by atoms with Gasteiger partial charge in [-0.2, -0.15) is 0 Å². The number of carbonyl (C=O) groups is 1. The molecule has 0 spiro atoms. The summed E-state index contributed by atoms with van der Waals surface area (Å²) >= 11 is 7.59. The summed E-state index contributed by atoms with van der Waals surface area (Å²) < 4.78 is 19.1. The molecule has 2 aromatic carbocycles. The van der Waals surface area contributed by atoms with Crippen LogP contribution in [0.4, 0.5) is 15.9 Å². The van der Waals surface area contributed by atoms with Crippen molar-refractivity contribution in [3.63, 3.8) is 0 Å². The molecule has 1 saturated heterocycles. The van der Waals surface area contributed by atoms with Crippen molar-refractivity contribution in [3.05, 3.63) is 60.2 Å². The van der Waals surface area contributed by atoms with Crippen LogP contribution in [0.2, 0.25) is 5.02 Å². The molecule has 6 nitrogen and oxygen atoms in total. The van der Waals surface area contributed by atoms with E-state index in [4.69, 9.17) is 16.3 Å². The summed E-state index contributed by atoms with van der Waals surface area (Å²) in [7, 11) is 1.63. The van der Waals surface area contributed by atoms with E-state index in [2.05, 4.69) is 21.9 Å². The zero-order chi connectivity index (χ0) is 22.7. The highest BCUT2D eigenvalue weighted by molar-refractivity contribution is 8.00. The van der Waals surface area contributed by atoms with E-state index in [1.54, 1.807) is 24.9 Å². The van der Waals surface area contributed by atoms with Crippen molar-refractivity contribution in [2.45, 2.75) is 23.0 Å². The van der Waals surface area contributed by atoms with E-state index >= 15 is 0 Å². The Hall–Kier alpha value is -2.84.